The van der Waals surface area contributed by atoms with E-state index in [4.69, 9.17) is 11.6 Å². The Morgan fingerprint density at radius 1 is 1.21 bits per heavy atom. The van der Waals surface area contributed by atoms with Gasteiger partial charge in [-0.15, -0.1) is 10.2 Å². The minimum Gasteiger partial charge on any atom is -0.352 e. The lowest BCUT2D eigenvalue weighted by Gasteiger charge is -2.29. The smallest absolute Gasteiger partial charge is 0.232 e. The Morgan fingerprint density at radius 2 is 1.97 bits per heavy atom. The van der Waals surface area contributed by atoms with Gasteiger partial charge in [-0.05, 0) is 30.9 Å². The molecule has 0 unspecified atom stereocenters. The summed E-state index contributed by atoms with van der Waals surface area (Å²) in [6.07, 6.45) is 4.70. The molecule has 9 heteroatoms. The third kappa shape index (κ3) is 5.96. The van der Waals surface area contributed by atoms with Crippen LogP contribution in [0.3, 0.4) is 0 Å². The molecule has 0 radical (unpaired) electrons. The molecular weight excluding hydrogens is 410 g/mol. The van der Waals surface area contributed by atoms with Crippen molar-refractivity contribution in [1.82, 2.24) is 20.1 Å². The van der Waals surface area contributed by atoms with Gasteiger partial charge in [-0.25, -0.2) is 0 Å². The monoisotopic (exact) mass is 435 g/mol. The average Bonchev–Trinajstić information content (AvgIpc) is 3.03. The van der Waals surface area contributed by atoms with Crippen LogP contribution in [-0.4, -0.2) is 38.4 Å². The van der Waals surface area contributed by atoms with Crippen LogP contribution < -0.4 is 10.6 Å². The third-order valence-electron chi connectivity index (χ3n) is 5.18. The zero-order chi connectivity index (χ0) is 20.8. The Kier molecular flexibility index (Phi) is 7.55. The Hall–Kier alpha value is -2.06. The number of para-hydroxylation sites is 1. The molecule has 2 aromatic rings. The predicted octanol–water partition coefficient (Wildman–Crippen LogP) is 3.44. The number of hydrogen-bond acceptors (Lipinski definition) is 5. The number of amides is 2. The summed E-state index contributed by atoms with van der Waals surface area (Å²) in [5, 5.41) is 15.2. The lowest BCUT2D eigenvalue weighted by molar-refractivity contribution is -0.120. The second-order valence-corrected chi connectivity index (χ2v) is 8.74. The normalized spacial score (nSPS) is 19.0. The molecule has 1 saturated carbocycles. The first-order valence-corrected chi connectivity index (χ1v) is 11.1. The summed E-state index contributed by atoms with van der Waals surface area (Å²) in [7, 11) is 1.79. The number of halogens is 1. The van der Waals surface area contributed by atoms with Crippen LogP contribution in [0.2, 0.25) is 5.02 Å². The third-order valence-corrected chi connectivity index (χ3v) is 6.53. The average molecular weight is 436 g/mol. The zero-order valence-electron chi connectivity index (χ0n) is 16.7. The van der Waals surface area contributed by atoms with Crippen LogP contribution in [0.25, 0.3) is 0 Å². The number of nitrogens with zero attached hydrogens (tertiary/aromatic N) is 3. The fourth-order valence-electron chi connectivity index (χ4n) is 3.43. The van der Waals surface area contributed by atoms with E-state index in [0.29, 0.717) is 27.6 Å². The first-order valence-electron chi connectivity index (χ1n) is 9.79. The van der Waals surface area contributed by atoms with Gasteiger partial charge in [-0.1, -0.05) is 55.3 Å². The number of nitrogens with one attached hydrogen (secondary N) is 2. The topological polar surface area (TPSA) is 88.9 Å². The highest BCUT2D eigenvalue weighted by atomic mass is 35.5. The molecule has 29 heavy (non-hydrogen) atoms. The van der Waals surface area contributed by atoms with Crippen LogP contribution in [0.15, 0.2) is 29.4 Å². The highest BCUT2D eigenvalue weighted by molar-refractivity contribution is 7.99. The van der Waals surface area contributed by atoms with E-state index in [1.807, 2.05) is 0 Å². The van der Waals surface area contributed by atoms with Crippen molar-refractivity contribution < 1.29 is 9.59 Å². The van der Waals surface area contributed by atoms with Crippen LogP contribution >= 0.6 is 23.4 Å². The Balaban J connectivity index is 1.50. The highest BCUT2D eigenvalue weighted by Crippen LogP contribution is 2.24. The molecule has 156 valence electrons. The van der Waals surface area contributed by atoms with Crippen LogP contribution in [-0.2, 0) is 23.1 Å². The molecule has 7 nitrogen and oxygen atoms in total. The minimum absolute atomic E-state index is 0.00904. The molecule has 0 saturated heterocycles. The van der Waals surface area contributed by atoms with Crippen molar-refractivity contribution in [3.05, 3.63) is 35.1 Å². The molecule has 2 amide bonds. The maximum atomic E-state index is 12.3. The summed E-state index contributed by atoms with van der Waals surface area (Å²) in [6, 6.07) is 7.32. The maximum Gasteiger partial charge on any atom is 0.232 e. The van der Waals surface area contributed by atoms with E-state index in [0.717, 1.165) is 6.42 Å². The van der Waals surface area contributed by atoms with Gasteiger partial charge >= 0.3 is 0 Å². The molecule has 1 heterocycles. The number of carbonyl (C=O) groups is 2. The first-order chi connectivity index (χ1) is 13.9. The van der Waals surface area contributed by atoms with Crippen molar-refractivity contribution in [3.63, 3.8) is 0 Å². The van der Waals surface area contributed by atoms with Crippen molar-refractivity contribution in [3.8, 4) is 0 Å². The van der Waals surface area contributed by atoms with Crippen molar-refractivity contribution in [2.75, 3.05) is 11.1 Å². The number of benzene rings is 1. The molecule has 1 aliphatic carbocycles. The van der Waals surface area contributed by atoms with E-state index >= 15 is 0 Å². The van der Waals surface area contributed by atoms with Gasteiger partial charge in [0.15, 0.2) is 5.16 Å². The number of aromatic nitrogens is 3. The second kappa shape index (κ2) is 10.1. The van der Waals surface area contributed by atoms with Crippen molar-refractivity contribution in [2.45, 2.75) is 50.2 Å². The molecular formula is C20H26ClN5O2S. The summed E-state index contributed by atoms with van der Waals surface area (Å²) in [6.45, 7) is 2.19. The van der Waals surface area contributed by atoms with Crippen molar-refractivity contribution in [1.29, 1.82) is 0 Å². The summed E-state index contributed by atoms with van der Waals surface area (Å²) < 4.78 is 1.74. The number of anilines is 1. The molecule has 2 atom stereocenters. The van der Waals surface area contributed by atoms with Crippen molar-refractivity contribution >= 4 is 40.9 Å². The molecule has 2 N–H and O–H groups in total. The Labute approximate surface area is 180 Å². The van der Waals surface area contributed by atoms with E-state index in [1.165, 1.54) is 31.0 Å². The summed E-state index contributed by atoms with van der Waals surface area (Å²) in [5.41, 5.74) is 0.560. The van der Waals surface area contributed by atoms with E-state index in [1.54, 1.807) is 35.9 Å². The first kappa shape index (κ1) is 21.6. The van der Waals surface area contributed by atoms with Gasteiger partial charge < -0.3 is 15.2 Å². The molecule has 0 spiro atoms. The number of rotatable bonds is 7. The number of hydrogen-bond donors (Lipinski definition) is 2. The zero-order valence-corrected chi connectivity index (χ0v) is 18.2. The van der Waals surface area contributed by atoms with Crippen LogP contribution in [0.1, 0.15) is 38.4 Å². The number of carbonyl (C=O) groups excluding carboxylic acids is 2. The van der Waals surface area contributed by atoms with Crippen LogP contribution in [0.5, 0.6) is 0 Å². The van der Waals surface area contributed by atoms with E-state index in [2.05, 4.69) is 27.8 Å². The van der Waals surface area contributed by atoms with Gasteiger partial charge in [0, 0.05) is 13.1 Å². The highest BCUT2D eigenvalue weighted by Gasteiger charge is 2.23. The molecule has 3 rings (SSSR count). The molecule has 1 aromatic heterocycles. The van der Waals surface area contributed by atoms with Gasteiger partial charge in [-0.3, -0.25) is 9.59 Å². The Morgan fingerprint density at radius 3 is 2.72 bits per heavy atom. The van der Waals surface area contributed by atoms with Crippen LogP contribution in [0.4, 0.5) is 5.69 Å². The number of thioether (sulfide) groups is 1. The molecule has 1 aliphatic rings. The van der Waals surface area contributed by atoms with Gasteiger partial charge in [0.25, 0.3) is 0 Å². The summed E-state index contributed by atoms with van der Waals surface area (Å²) in [4.78, 5) is 24.6. The SMILES string of the molecule is C[C@H]1CCCC[C@H]1NC(=O)CSc1nnc(CC(=O)Nc2ccccc2Cl)n1C. The van der Waals surface area contributed by atoms with Crippen LogP contribution in [0, 0.1) is 5.92 Å². The van der Waals surface area contributed by atoms with E-state index < -0.39 is 0 Å². The molecule has 0 aliphatic heterocycles. The second-order valence-electron chi connectivity index (χ2n) is 7.39. The molecule has 0 bridgehead atoms. The molecule has 1 fully saturated rings. The van der Waals surface area contributed by atoms with Gasteiger partial charge in [0.05, 0.1) is 22.9 Å². The Bertz CT molecular complexity index is 872. The quantitative estimate of drug-likeness (QED) is 0.650. The molecule has 1 aromatic carbocycles. The van der Waals surface area contributed by atoms with Crippen molar-refractivity contribution in [2.24, 2.45) is 13.0 Å². The summed E-state index contributed by atoms with van der Waals surface area (Å²) >= 11 is 7.39. The fourth-order valence-corrected chi connectivity index (χ4v) is 4.36. The van der Waals surface area contributed by atoms with E-state index in [9.17, 15) is 9.59 Å². The van der Waals surface area contributed by atoms with Gasteiger partial charge in [0.2, 0.25) is 11.8 Å². The van der Waals surface area contributed by atoms with Gasteiger partial charge in [0.1, 0.15) is 5.82 Å². The minimum atomic E-state index is -0.228. The standard InChI is InChI=1S/C20H26ClN5O2S/c1-13-7-3-5-9-15(13)22-19(28)12-29-20-25-24-17(26(20)2)11-18(27)23-16-10-6-4-8-14(16)21/h4,6,8,10,13,15H,3,5,7,9,11-12H2,1-2H3,(H,22,28)(H,23,27)/t13-,15+/m0/s1. The van der Waals surface area contributed by atoms with E-state index in [-0.39, 0.29) is 30.0 Å². The lowest BCUT2D eigenvalue weighted by Crippen LogP contribution is -2.41. The lowest BCUT2D eigenvalue weighted by atomic mass is 9.86. The fraction of sp³-hybridized carbons (Fsp3) is 0.500. The largest absolute Gasteiger partial charge is 0.352 e. The summed E-state index contributed by atoms with van der Waals surface area (Å²) in [5.74, 6) is 1.11. The maximum absolute atomic E-state index is 12.3. The predicted molar refractivity (Wildman–Crippen MR) is 115 cm³/mol. The van der Waals surface area contributed by atoms with Gasteiger partial charge in [-0.2, -0.15) is 0 Å².